The SMILES string of the molecule is Fc1cc(Br)ccc1OCc1cccc(Cl)n1. The van der Waals surface area contributed by atoms with E-state index in [9.17, 15) is 4.39 Å². The van der Waals surface area contributed by atoms with Gasteiger partial charge in [-0.3, -0.25) is 0 Å². The van der Waals surface area contributed by atoms with Gasteiger partial charge < -0.3 is 4.74 Å². The van der Waals surface area contributed by atoms with Gasteiger partial charge >= 0.3 is 0 Å². The fraction of sp³-hybridized carbons (Fsp3) is 0.0833. The molecule has 0 saturated carbocycles. The molecule has 17 heavy (non-hydrogen) atoms. The van der Waals surface area contributed by atoms with E-state index < -0.39 is 5.82 Å². The summed E-state index contributed by atoms with van der Waals surface area (Å²) in [6.07, 6.45) is 0. The number of halogens is 3. The van der Waals surface area contributed by atoms with E-state index in [-0.39, 0.29) is 12.4 Å². The molecule has 0 fully saturated rings. The van der Waals surface area contributed by atoms with E-state index in [1.165, 1.54) is 6.07 Å². The highest BCUT2D eigenvalue weighted by Gasteiger charge is 2.04. The van der Waals surface area contributed by atoms with Crippen molar-refractivity contribution >= 4 is 27.5 Å². The third kappa shape index (κ3) is 3.41. The molecule has 2 rings (SSSR count). The molecule has 0 spiro atoms. The second-order valence-electron chi connectivity index (χ2n) is 3.32. The van der Waals surface area contributed by atoms with Crippen LogP contribution in [-0.4, -0.2) is 4.98 Å². The molecule has 1 heterocycles. The van der Waals surface area contributed by atoms with Crippen molar-refractivity contribution in [2.75, 3.05) is 0 Å². The van der Waals surface area contributed by atoms with Crippen LogP contribution in [0, 0.1) is 5.82 Å². The third-order valence-electron chi connectivity index (χ3n) is 2.04. The number of benzene rings is 1. The van der Waals surface area contributed by atoms with Gasteiger partial charge in [0.05, 0.1) is 5.69 Å². The summed E-state index contributed by atoms with van der Waals surface area (Å²) in [6, 6.07) is 9.83. The molecule has 1 aromatic carbocycles. The lowest BCUT2D eigenvalue weighted by Gasteiger charge is -2.07. The number of nitrogens with zero attached hydrogens (tertiary/aromatic N) is 1. The van der Waals surface area contributed by atoms with Gasteiger partial charge in [0.25, 0.3) is 0 Å². The zero-order chi connectivity index (χ0) is 12.3. The second-order valence-corrected chi connectivity index (χ2v) is 4.62. The molecular formula is C12H8BrClFNO. The third-order valence-corrected chi connectivity index (χ3v) is 2.75. The first-order valence-electron chi connectivity index (χ1n) is 4.84. The quantitative estimate of drug-likeness (QED) is 0.791. The van der Waals surface area contributed by atoms with Crippen molar-refractivity contribution in [3.05, 3.63) is 57.5 Å². The molecule has 88 valence electrons. The molecule has 0 aliphatic carbocycles. The maximum absolute atomic E-state index is 13.4. The largest absolute Gasteiger partial charge is 0.484 e. The van der Waals surface area contributed by atoms with Crippen LogP contribution in [0.25, 0.3) is 0 Å². The number of hydrogen-bond acceptors (Lipinski definition) is 2. The number of aromatic nitrogens is 1. The Labute approximate surface area is 112 Å². The van der Waals surface area contributed by atoms with Crippen LogP contribution in [0.3, 0.4) is 0 Å². The first-order chi connectivity index (χ1) is 8.15. The highest BCUT2D eigenvalue weighted by atomic mass is 79.9. The highest BCUT2D eigenvalue weighted by Crippen LogP contribution is 2.22. The summed E-state index contributed by atoms with van der Waals surface area (Å²) in [6.45, 7) is 0.180. The minimum absolute atomic E-state index is 0.180. The van der Waals surface area contributed by atoms with Gasteiger partial charge in [-0.1, -0.05) is 33.6 Å². The van der Waals surface area contributed by atoms with Gasteiger partial charge in [-0.05, 0) is 30.3 Å². The number of ether oxygens (including phenoxy) is 1. The van der Waals surface area contributed by atoms with Crippen LogP contribution in [0.15, 0.2) is 40.9 Å². The minimum atomic E-state index is -0.415. The molecule has 0 N–H and O–H groups in total. The molecule has 0 unspecified atom stereocenters. The Morgan fingerprint density at radius 2 is 2.12 bits per heavy atom. The molecule has 0 bridgehead atoms. The first-order valence-corrected chi connectivity index (χ1v) is 6.01. The van der Waals surface area contributed by atoms with Crippen molar-refractivity contribution in [1.29, 1.82) is 0 Å². The van der Waals surface area contributed by atoms with Crippen molar-refractivity contribution in [2.24, 2.45) is 0 Å². The van der Waals surface area contributed by atoms with Crippen molar-refractivity contribution in [3.63, 3.8) is 0 Å². The molecule has 0 saturated heterocycles. The van der Waals surface area contributed by atoms with Crippen LogP contribution in [0.4, 0.5) is 4.39 Å². The van der Waals surface area contributed by atoms with Crippen LogP contribution in [-0.2, 0) is 6.61 Å². The molecule has 1 aromatic heterocycles. The minimum Gasteiger partial charge on any atom is -0.484 e. The lowest BCUT2D eigenvalue weighted by molar-refractivity contribution is 0.286. The molecule has 5 heteroatoms. The molecule has 0 amide bonds. The lowest BCUT2D eigenvalue weighted by atomic mass is 10.3. The summed E-state index contributed by atoms with van der Waals surface area (Å²) < 4.78 is 19.4. The van der Waals surface area contributed by atoms with Gasteiger partial charge in [-0.15, -0.1) is 0 Å². The lowest BCUT2D eigenvalue weighted by Crippen LogP contribution is -1.99. The van der Waals surface area contributed by atoms with E-state index in [0.717, 1.165) is 0 Å². The van der Waals surface area contributed by atoms with Crippen LogP contribution >= 0.6 is 27.5 Å². The van der Waals surface area contributed by atoms with E-state index in [1.54, 1.807) is 30.3 Å². The van der Waals surface area contributed by atoms with Crippen LogP contribution in [0.1, 0.15) is 5.69 Å². The van der Waals surface area contributed by atoms with E-state index in [0.29, 0.717) is 15.3 Å². The second kappa shape index (κ2) is 5.47. The fourth-order valence-corrected chi connectivity index (χ4v) is 1.79. The normalized spacial score (nSPS) is 10.3. The summed E-state index contributed by atoms with van der Waals surface area (Å²) in [5.74, 6) is -0.226. The maximum Gasteiger partial charge on any atom is 0.166 e. The molecule has 0 atom stereocenters. The Kier molecular flexibility index (Phi) is 3.97. The van der Waals surface area contributed by atoms with Crippen molar-refractivity contribution in [1.82, 2.24) is 4.98 Å². The van der Waals surface area contributed by atoms with Gasteiger partial charge in [-0.2, -0.15) is 0 Å². The van der Waals surface area contributed by atoms with Crippen molar-refractivity contribution in [2.45, 2.75) is 6.61 Å². The molecule has 2 aromatic rings. The van der Waals surface area contributed by atoms with Gasteiger partial charge in [0.15, 0.2) is 11.6 Å². The predicted molar refractivity (Wildman–Crippen MR) is 67.7 cm³/mol. The summed E-state index contributed by atoms with van der Waals surface area (Å²) in [7, 11) is 0. The van der Waals surface area contributed by atoms with Crippen molar-refractivity contribution in [3.8, 4) is 5.75 Å². The zero-order valence-electron chi connectivity index (χ0n) is 8.66. The van der Waals surface area contributed by atoms with Crippen LogP contribution in [0.2, 0.25) is 5.15 Å². The number of pyridine rings is 1. The summed E-state index contributed by atoms with van der Waals surface area (Å²) in [5.41, 5.74) is 0.653. The number of hydrogen-bond donors (Lipinski definition) is 0. The van der Waals surface area contributed by atoms with Crippen molar-refractivity contribution < 1.29 is 9.13 Å². The molecular weight excluding hydrogens is 308 g/mol. The van der Waals surface area contributed by atoms with Gasteiger partial charge in [0.2, 0.25) is 0 Å². The molecule has 2 nitrogen and oxygen atoms in total. The Morgan fingerprint density at radius 3 is 2.82 bits per heavy atom. The predicted octanol–water partition coefficient (Wildman–Crippen LogP) is 4.22. The summed E-state index contributed by atoms with van der Waals surface area (Å²) in [4.78, 5) is 4.04. The Bertz CT molecular complexity index is 536. The summed E-state index contributed by atoms with van der Waals surface area (Å²) >= 11 is 8.91. The fourth-order valence-electron chi connectivity index (χ4n) is 1.27. The molecule has 0 radical (unpaired) electrons. The highest BCUT2D eigenvalue weighted by molar-refractivity contribution is 9.10. The van der Waals surface area contributed by atoms with E-state index in [2.05, 4.69) is 20.9 Å². The summed E-state index contributed by atoms with van der Waals surface area (Å²) in [5, 5.41) is 0.391. The average molecular weight is 317 g/mol. The van der Waals surface area contributed by atoms with E-state index in [1.807, 2.05) is 0 Å². The molecule has 0 aliphatic heterocycles. The van der Waals surface area contributed by atoms with Gasteiger partial charge in [0, 0.05) is 4.47 Å². The first kappa shape index (κ1) is 12.3. The Hall–Kier alpha value is -1.13. The smallest absolute Gasteiger partial charge is 0.166 e. The van der Waals surface area contributed by atoms with E-state index in [4.69, 9.17) is 16.3 Å². The molecule has 0 aliphatic rings. The Morgan fingerprint density at radius 1 is 1.29 bits per heavy atom. The average Bonchev–Trinajstić information content (AvgIpc) is 2.28. The van der Waals surface area contributed by atoms with Gasteiger partial charge in [-0.25, -0.2) is 9.37 Å². The standard InChI is InChI=1S/C12H8BrClFNO/c13-8-4-5-11(10(15)6-8)17-7-9-2-1-3-12(14)16-9/h1-6H,7H2. The Balaban J connectivity index is 2.07. The van der Waals surface area contributed by atoms with Crippen LogP contribution < -0.4 is 4.74 Å². The van der Waals surface area contributed by atoms with E-state index >= 15 is 0 Å². The van der Waals surface area contributed by atoms with Gasteiger partial charge in [0.1, 0.15) is 11.8 Å². The monoisotopic (exact) mass is 315 g/mol. The number of rotatable bonds is 3. The topological polar surface area (TPSA) is 22.1 Å². The van der Waals surface area contributed by atoms with Crippen LogP contribution in [0.5, 0.6) is 5.75 Å². The zero-order valence-corrected chi connectivity index (χ0v) is 11.0. The maximum atomic E-state index is 13.4.